The van der Waals surface area contributed by atoms with Gasteiger partial charge in [-0.2, -0.15) is 0 Å². The lowest BCUT2D eigenvalue weighted by atomic mass is 9.95. The number of hydrogen-bond donors (Lipinski definition) is 1. The Morgan fingerprint density at radius 1 is 1.22 bits per heavy atom. The van der Waals surface area contributed by atoms with Crippen molar-refractivity contribution in [3.63, 3.8) is 0 Å². The minimum Gasteiger partial charge on any atom is -0.489 e. The van der Waals surface area contributed by atoms with Crippen LogP contribution in [0.4, 0.5) is 0 Å². The topological polar surface area (TPSA) is 44.5 Å². The Hall–Kier alpha value is -0.740. The smallest absolute Gasteiger partial charge is 0.175 e. The Kier molecular flexibility index (Phi) is 3.36. The maximum atomic E-state index is 6.13. The van der Waals surface area contributed by atoms with Crippen molar-refractivity contribution in [3.8, 4) is 11.5 Å². The molecule has 2 rings (SSSR count). The van der Waals surface area contributed by atoms with E-state index in [0.29, 0.717) is 13.2 Å². The van der Waals surface area contributed by atoms with Gasteiger partial charge in [0.05, 0.1) is 17.7 Å². The van der Waals surface area contributed by atoms with Gasteiger partial charge in [0.15, 0.2) is 11.5 Å². The average molecular weight is 314 g/mol. The van der Waals surface area contributed by atoms with Crippen molar-refractivity contribution in [3.05, 3.63) is 22.2 Å². The van der Waals surface area contributed by atoms with Crippen LogP contribution in [0.1, 0.15) is 33.3 Å². The molecule has 1 aromatic carbocycles. The third kappa shape index (κ3) is 2.81. The maximum Gasteiger partial charge on any atom is 0.175 e. The van der Waals surface area contributed by atoms with Crippen LogP contribution in [-0.4, -0.2) is 13.2 Å². The fraction of sp³-hybridized carbons (Fsp3) is 0.571. The zero-order valence-electron chi connectivity index (χ0n) is 11.3. The van der Waals surface area contributed by atoms with Crippen LogP contribution >= 0.6 is 15.9 Å². The lowest BCUT2D eigenvalue weighted by molar-refractivity contribution is 0.140. The highest BCUT2D eigenvalue weighted by atomic mass is 79.9. The van der Waals surface area contributed by atoms with Crippen LogP contribution in [0.3, 0.4) is 0 Å². The van der Waals surface area contributed by atoms with E-state index in [-0.39, 0.29) is 5.41 Å². The summed E-state index contributed by atoms with van der Waals surface area (Å²) in [6, 6.07) is 3.97. The van der Waals surface area contributed by atoms with Crippen LogP contribution < -0.4 is 15.2 Å². The van der Waals surface area contributed by atoms with Crippen molar-refractivity contribution in [2.75, 3.05) is 13.2 Å². The molecule has 18 heavy (non-hydrogen) atoms. The van der Waals surface area contributed by atoms with E-state index >= 15 is 0 Å². The molecule has 0 unspecified atom stereocenters. The largest absolute Gasteiger partial charge is 0.489 e. The molecular weight excluding hydrogens is 294 g/mol. The first-order valence-corrected chi connectivity index (χ1v) is 6.87. The van der Waals surface area contributed by atoms with Gasteiger partial charge in [-0.3, -0.25) is 0 Å². The highest BCUT2D eigenvalue weighted by Crippen LogP contribution is 2.41. The maximum absolute atomic E-state index is 6.13. The molecule has 2 N–H and O–H groups in total. The molecule has 0 aliphatic carbocycles. The molecule has 0 radical (unpaired) electrons. The lowest BCUT2D eigenvalue weighted by Gasteiger charge is -2.21. The molecule has 0 saturated heterocycles. The monoisotopic (exact) mass is 313 g/mol. The van der Waals surface area contributed by atoms with Crippen LogP contribution in [0.2, 0.25) is 0 Å². The second-order valence-corrected chi connectivity index (χ2v) is 7.10. The van der Waals surface area contributed by atoms with Gasteiger partial charge in [-0.1, -0.05) is 13.8 Å². The normalized spacial score (nSPS) is 18.3. The Bertz CT molecular complexity index is 464. The molecule has 100 valence electrons. The molecular formula is C14H20BrNO2. The number of fused-ring (bicyclic) bond motifs is 1. The van der Waals surface area contributed by atoms with Crippen molar-refractivity contribution in [2.45, 2.75) is 33.2 Å². The van der Waals surface area contributed by atoms with Crippen molar-refractivity contribution in [2.24, 2.45) is 11.1 Å². The highest BCUT2D eigenvalue weighted by Gasteiger charge is 2.28. The summed E-state index contributed by atoms with van der Waals surface area (Å²) in [7, 11) is 0. The van der Waals surface area contributed by atoms with Crippen LogP contribution in [0.15, 0.2) is 16.6 Å². The first kappa shape index (κ1) is 13.7. The molecule has 0 spiro atoms. The third-order valence-electron chi connectivity index (χ3n) is 2.98. The van der Waals surface area contributed by atoms with E-state index in [9.17, 15) is 0 Å². The molecule has 3 nitrogen and oxygen atoms in total. The molecule has 1 aliphatic rings. The summed E-state index contributed by atoms with van der Waals surface area (Å²) in [6.45, 7) is 9.48. The molecule has 1 aliphatic heterocycles. The first-order chi connectivity index (χ1) is 8.19. The summed E-state index contributed by atoms with van der Waals surface area (Å²) in [5.41, 5.74) is 6.77. The molecule has 4 heteroatoms. The molecule has 0 atom stereocenters. The van der Waals surface area contributed by atoms with Gasteiger partial charge in [0, 0.05) is 11.0 Å². The first-order valence-electron chi connectivity index (χ1n) is 6.08. The third-order valence-corrected chi connectivity index (χ3v) is 3.57. The number of benzene rings is 1. The summed E-state index contributed by atoms with van der Waals surface area (Å²) in [4.78, 5) is 0. The van der Waals surface area contributed by atoms with Crippen molar-refractivity contribution >= 4 is 15.9 Å². The van der Waals surface area contributed by atoms with E-state index in [1.165, 1.54) is 0 Å². The van der Waals surface area contributed by atoms with Gasteiger partial charge in [0.25, 0.3) is 0 Å². The molecule has 0 amide bonds. The van der Waals surface area contributed by atoms with Crippen molar-refractivity contribution < 1.29 is 9.47 Å². The van der Waals surface area contributed by atoms with Crippen molar-refractivity contribution in [1.82, 2.24) is 0 Å². The van der Waals surface area contributed by atoms with Crippen LogP contribution in [0, 0.1) is 5.41 Å². The molecule has 0 saturated carbocycles. The Morgan fingerprint density at radius 3 is 2.44 bits per heavy atom. The summed E-state index contributed by atoms with van der Waals surface area (Å²) in [5, 5.41) is 0. The van der Waals surface area contributed by atoms with Gasteiger partial charge in [0.2, 0.25) is 0 Å². The van der Waals surface area contributed by atoms with Gasteiger partial charge in [-0.15, -0.1) is 0 Å². The number of hydrogen-bond acceptors (Lipinski definition) is 3. The van der Waals surface area contributed by atoms with E-state index < -0.39 is 5.54 Å². The Morgan fingerprint density at radius 2 is 1.83 bits per heavy atom. The van der Waals surface area contributed by atoms with Gasteiger partial charge < -0.3 is 15.2 Å². The van der Waals surface area contributed by atoms with Crippen LogP contribution in [0.25, 0.3) is 0 Å². The van der Waals surface area contributed by atoms with Gasteiger partial charge >= 0.3 is 0 Å². The lowest BCUT2D eigenvalue weighted by Crippen LogP contribution is -2.28. The van der Waals surface area contributed by atoms with E-state index in [0.717, 1.165) is 21.5 Å². The molecule has 0 aromatic heterocycles. The van der Waals surface area contributed by atoms with E-state index in [1.807, 2.05) is 26.0 Å². The molecule has 0 bridgehead atoms. The number of halogens is 1. The molecule has 0 fully saturated rings. The minimum atomic E-state index is -0.400. The Labute approximate surface area is 117 Å². The van der Waals surface area contributed by atoms with Gasteiger partial charge in [-0.05, 0) is 47.5 Å². The molecule has 1 aromatic rings. The summed E-state index contributed by atoms with van der Waals surface area (Å²) in [6.07, 6.45) is 0. The second kappa shape index (κ2) is 4.42. The zero-order valence-corrected chi connectivity index (χ0v) is 12.9. The fourth-order valence-corrected chi connectivity index (χ4v) is 2.33. The average Bonchev–Trinajstić information content (AvgIpc) is 2.37. The number of rotatable bonds is 1. The summed E-state index contributed by atoms with van der Waals surface area (Å²) < 4.78 is 12.6. The predicted molar refractivity (Wildman–Crippen MR) is 76.1 cm³/mol. The molecule has 1 heterocycles. The summed E-state index contributed by atoms with van der Waals surface area (Å²) in [5.74, 6) is 1.54. The zero-order chi connectivity index (χ0) is 13.6. The van der Waals surface area contributed by atoms with Crippen LogP contribution in [-0.2, 0) is 5.54 Å². The fourth-order valence-electron chi connectivity index (χ4n) is 1.77. The van der Waals surface area contributed by atoms with Gasteiger partial charge in [-0.25, -0.2) is 0 Å². The standard InChI is InChI=1S/C14H20BrNO2/c1-13(2)7-17-11-6-9(14(3,4)16)5-10(15)12(11)18-8-13/h5-6H,7-8,16H2,1-4H3. The Balaban J connectivity index is 2.43. The minimum absolute atomic E-state index is 0.0108. The van der Waals surface area contributed by atoms with Gasteiger partial charge in [0.1, 0.15) is 0 Å². The predicted octanol–water partition coefficient (Wildman–Crippen LogP) is 3.44. The van der Waals surface area contributed by atoms with E-state index in [1.54, 1.807) is 0 Å². The van der Waals surface area contributed by atoms with Crippen LogP contribution in [0.5, 0.6) is 11.5 Å². The quantitative estimate of drug-likeness (QED) is 0.863. The number of ether oxygens (including phenoxy) is 2. The second-order valence-electron chi connectivity index (χ2n) is 6.25. The van der Waals surface area contributed by atoms with Crippen molar-refractivity contribution in [1.29, 1.82) is 0 Å². The summed E-state index contributed by atoms with van der Waals surface area (Å²) >= 11 is 3.54. The number of nitrogens with two attached hydrogens (primary N) is 1. The highest BCUT2D eigenvalue weighted by molar-refractivity contribution is 9.10. The van der Waals surface area contributed by atoms with E-state index in [2.05, 4.69) is 29.8 Å². The van der Waals surface area contributed by atoms with E-state index in [4.69, 9.17) is 15.2 Å². The SMILES string of the molecule is CC1(C)COc2cc(C(C)(C)N)cc(Br)c2OC1.